The van der Waals surface area contributed by atoms with Crippen LogP contribution in [0.5, 0.6) is 0 Å². The number of anilines is 2. The highest BCUT2D eigenvalue weighted by Gasteiger charge is 2.18. The summed E-state index contributed by atoms with van der Waals surface area (Å²) in [5, 5.41) is 3.86. The van der Waals surface area contributed by atoms with Crippen molar-refractivity contribution in [1.29, 1.82) is 0 Å². The second kappa shape index (κ2) is 4.06. The average Bonchev–Trinajstić information content (AvgIpc) is 2.68. The molecule has 0 aliphatic rings. The van der Waals surface area contributed by atoms with Crippen molar-refractivity contribution in [3.05, 3.63) is 30.7 Å². The van der Waals surface area contributed by atoms with Crippen LogP contribution in [0.1, 0.15) is 0 Å². The van der Waals surface area contributed by atoms with Crippen molar-refractivity contribution in [3.63, 3.8) is 0 Å². The number of aryl methyl sites for hydroxylation is 1. The third-order valence-electron chi connectivity index (χ3n) is 2.15. The molecule has 0 aliphatic carbocycles. The van der Waals surface area contributed by atoms with Crippen LogP contribution in [0.2, 0.25) is 0 Å². The smallest absolute Gasteiger partial charge is 0.279 e. The maximum Gasteiger partial charge on any atom is 0.279 e. The van der Waals surface area contributed by atoms with Gasteiger partial charge in [-0.15, -0.1) is 0 Å². The molecule has 0 saturated carbocycles. The minimum atomic E-state index is -3.68. The Hall–Kier alpha value is -2.09. The van der Waals surface area contributed by atoms with Crippen LogP contribution < -0.4 is 10.5 Å². The highest BCUT2D eigenvalue weighted by atomic mass is 32.2. The van der Waals surface area contributed by atoms with Crippen molar-refractivity contribution >= 4 is 21.4 Å². The Labute approximate surface area is 98.3 Å². The zero-order valence-corrected chi connectivity index (χ0v) is 9.85. The minimum absolute atomic E-state index is 0.0636. The van der Waals surface area contributed by atoms with Crippen molar-refractivity contribution in [3.8, 4) is 0 Å². The second-order valence-electron chi connectivity index (χ2n) is 3.36. The molecular weight excluding hydrogens is 242 g/mol. The van der Waals surface area contributed by atoms with E-state index in [4.69, 9.17) is 5.73 Å². The molecule has 2 aromatic heterocycles. The third kappa shape index (κ3) is 2.21. The fourth-order valence-corrected chi connectivity index (χ4v) is 2.54. The van der Waals surface area contributed by atoms with Gasteiger partial charge in [0, 0.05) is 13.2 Å². The van der Waals surface area contributed by atoms with E-state index >= 15 is 0 Å². The first kappa shape index (κ1) is 11.4. The van der Waals surface area contributed by atoms with E-state index in [1.807, 2.05) is 0 Å². The van der Waals surface area contributed by atoms with Gasteiger partial charge in [0.25, 0.3) is 10.0 Å². The number of aromatic nitrogens is 3. The van der Waals surface area contributed by atoms with Gasteiger partial charge in [-0.1, -0.05) is 0 Å². The fourth-order valence-electron chi connectivity index (χ4n) is 1.32. The molecule has 0 aliphatic heterocycles. The Bertz CT molecular complexity index is 634. The number of nitrogens with one attached hydrogen (secondary N) is 1. The van der Waals surface area contributed by atoms with E-state index in [1.165, 1.54) is 35.4 Å². The number of sulfonamides is 1. The summed E-state index contributed by atoms with van der Waals surface area (Å²) in [6.45, 7) is 0. The van der Waals surface area contributed by atoms with Gasteiger partial charge in [-0.05, 0) is 12.1 Å². The van der Waals surface area contributed by atoms with Gasteiger partial charge in [0.05, 0.1) is 23.8 Å². The van der Waals surface area contributed by atoms with Crippen molar-refractivity contribution in [1.82, 2.24) is 14.8 Å². The fraction of sp³-hybridized carbons (Fsp3) is 0.111. The summed E-state index contributed by atoms with van der Waals surface area (Å²) in [7, 11) is -2.13. The lowest BCUT2D eigenvalue weighted by molar-refractivity contribution is 0.582. The first-order chi connectivity index (χ1) is 8.00. The minimum Gasteiger partial charge on any atom is -0.396 e. The Morgan fingerprint density at radius 3 is 2.71 bits per heavy atom. The summed E-state index contributed by atoms with van der Waals surface area (Å²) in [6.07, 6.45) is 4.24. The first-order valence-electron chi connectivity index (χ1n) is 4.71. The number of rotatable bonds is 3. The van der Waals surface area contributed by atoms with Gasteiger partial charge in [-0.3, -0.25) is 14.4 Å². The zero-order chi connectivity index (χ0) is 12.5. The third-order valence-corrected chi connectivity index (χ3v) is 3.59. The normalized spacial score (nSPS) is 11.4. The Morgan fingerprint density at radius 1 is 1.35 bits per heavy atom. The molecule has 2 heterocycles. The molecule has 0 fully saturated rings. The quantitative estimate of drug-likeness (QED) is 0.813. The van der Waals surface area contributed by atoms with Crippen LogP contribution in [0.25, 0.3) is 0 Å². The molecular formula is C9H11N5O2S. The van der Waals surface area contributed by atoms with Crippen molar-refractivity contribution in [2.45, 2.75) is 5.03 Å². The monoisotopic (exact) mass is 253 g/mol. The molecule has 90 valence electrons. The molecule has 0 amide bonds. The van der Waals surface area contributed by atoms with Gasteiger partial charge in [-0.2, -0.15) is 13.5 Å². The summed E-state index contributed by atoms with van der Waals surface area (Å²) in [5.41, 5.74) is 6.16. The maximum atomic E-state index is 12.0. The topological polar surface area (TPSA) is 103 Å². The molecule has 2 rings (SSSR count). The number of nitrogens with zero attached hydrogens (tertiary/aromatic N) is 3. The predicted octanol–water partition coefficient (Wildman–Crippen LogP) is 0.198. The van der Waals surface area contributed by atoms with E-state index in [1.54, 1.807) is 7.05 Å². The number of nitrogens with two attached hydrogens (primary N) is 1. The lowest BCUT2D eigenvalue weighted by atomic mass is 10.4. The molecule has 2 aromatic rings. The zero-order valence-electron chi connectivity index (χ0n) is 9.03. The molecule has 0 atom stereocenters. The Morgan fingerprint density at radius 2 is 2.12 bits per heavy atom. The van der Waals surface area contributed by atoms with Gasteiger partial charge < -0.3 is 5.73 Å². The molecule has 3 N–H and O–H groups in total. The maximum absolute atomic E-state index is 12.0. The van der Waals surface area contributed by atoms with E-state index in [0.717, 1.165) is 0 Å². The van der Waals surface area contributed by atoms with Crippen LogP contribution >= 0.6 is 0 Å². The standard InChI is InChI=1S/C9H11N5O2S/c1-14-9(3-5-12-14)17(15,16)13-8-2-4-11-6-7(8)10/h2-6H,10H2,1H3,(H,11,13). The number of pyridine rings is 1. The van der Waals surface area contributed by atoms with Crippen molar-refractivity contribution in [2.24, 2.45) is 7.05 Å². The van der Waals surface area contributed by atoms with Crippen LogP contribution in [0.3, 0.4) is 0 Å². The van der Waals surface area contributed by atoms with Gasteiger partial charge in [0.15, 0.2) is 5.03 Å². The first-order valence-corrected chi connectivity index (χ1v) is 6.19. The van der Waals surface area contributed by atoms with Crippen LogP contribution in [0, 0.1) is 0 Å². The molecule has 0 bridgehead atoms. The number of hydrogen-bond acceptors (Lipinski definition) is 5. The van der Waals surface area contributed by atoms with Gasteiger partial charge in [-0.25, -0.2) is 0 Å². The molecule has 17 heavy (non-hydrogen) atoms. The average molecular weight is 253 g/mol. The lowest BCUT2D eigenvalue weighted by Gasteiger charge is -2.09. The van der Waals surface area contributed by atoms with Crippen LogP contribution in [-0.4, -0.2) is 23.2 Å². The summed E-state index contributed by atoms with van der Waals surface area (Å²) in [6, 6.07) is 2.89. The highest BCUT2D eigenvalue weighted by molar-refractivity contribution is 7.92. The van der Waals surface area contributed by atoms with E-state index in [0.29, 0.717) is 5.69 Å². The molecule has 0 unspecified atom stereocenters. The van der Waals surface area contributed by atoms with E-state index < -0.39 is 10.0 Å². The van der Waals surface area contributed by atoms with Gasteiger partial charge in [0.2, 0.25) is 0 Å². The summed E-state index contributed by atoms with van der Waals surface area (Å²) in [5.74, 6) is 0. The number of nitrogen functional groups attached to an aromatic ring is 1. The summed E-state index contributed by atoms with van der Waals surface area (Å²) in [4.78, 5) is 3.78. The molecule has 7 nitrogen and oxygen atoms in total. The molecule has 0 radical (unpaired) electrons. The lowest BCUT2D eigenvalue weighted by Crippen LogP contribution is -2.17. The Balaban J connectivity index is 2.37. The van der Waals surface area contributed by atoms with E-state index in [2.05, 4.69) is 14.8 Å². The number of hydrogen-bond donors (Lipinski definition) is 2. The van der Waals surface area contributed by atoms with E-state index in [-0.39, 0.29) is 10.7 Å². The Kier molecular flexibility index (Phi) is 2.72. The largest absolute Gasteiger partial charge is 0.396 e. The van der Waals surface area contributed by atoms with Crippen LogP contribution in [0.4, 0.5) is 11.4 Å². The summed E-state index contributed by atoms with van der Waals surface area (Å²) < 4.78 is 27.6. The van der Waals surface area contributed by atoms with Crippen molar-refractivity contribution < 1.29 is 8.42 Å². The predicted molar refractivity (Wildman–Crippen MR) is 62.7 cm³/mol. The van der Waals surface area contributed by atoms with Crippen LogP contribution in [-0.2, 0) is 17.1 Å². The SMILES string of the molecule is Cn1nccc1S(=O)(=O)Nc1ccncc1N. The second-order valence-corrected chi connectivity index (χ2v) is 4.99. The molecule has 0 spiro atoms. The molecule has 8 heteroatoms. The summed E-state index contributed by atoms with van der Waals surface area (Å²) >= 11 is 0. The van der Waals surface area contributed by atoms with Gasteiger partial charge >= 0.3 is 0 Å². The van der Waals surface area contributed by atoms with Crippen molar-refractivity contribution in [2.75, 3.05) is 10.5 Å². The van der Waals surface area contributed by atoms with Gasteiger partial charge in [0.1, 0.15) is 0 Å². The van der Waals surface area contributed by atoms with Crippen LogP contribution in [0.15, 0.2) is 35.7 Å². The molecule has 0 aromatic carbocycles. The highest BCUT2D eigenvalue weighted by Crippen LogP contribution is 2.19. The molecule has 0 saturated heterocycles. The van der Waals surface area contributed by atoms with E-state index in [9.17, 15) is 8.42 Å².